The summed E-state index contributed by atoms with van der Waals surface area (Å²) in [4.78, 5) is 10.9. The van der Waals surface area contributed by atoms with Crippen molar-refractivity contribution in [2.45, 2.75) is 12.5 Å². The van der Waals surface area contributed by atoms with Gasteiger partial charge in [-0.3, -0.25) is 4.79 Å². The van der Waals surface area contributed by atoms with E-state index in [-0.39, 0.29) is 18.6 Å². The molecule has 15 heavy (non-hydrogen) atoms. The molecule has 0 saturated carbocycles. The van der Waals surface area contributed by atoms with E-state index < -0.39 is 0 Å². The zero-order valence-electron chi connectivity index (χ0n) is 8.40. The van der Waals surface area contributed by atoms with Gasteiger partial charge >= 0.3 is 0 Å². The lowest BCUT2D eigenvalue weighted by atomic mass is 10.1. The molecule has 4 nitrogen and oxygen atoms in total. The molecule has 0 bridgehead atoms. The second-order valence-electron chi connectivity index (χ2n) is 3.56. The number of hydrogen-bond donors (Lipinski definition) is 2. The van der Waals surface area contributed by atoms with Crippen LogP contribution < -0.4 is 15.8 Å². The summed E-state index contributed by atoms with van der Waals surface area (Å²) in [5.74, 6) is 0.777. The van der Waals surface area contributed by atoms with Gasteiger partial charge in [0.1, 0.15) is 11.9 Å². The van der Waals surface area contributed by atoms with E-state index in [2.05, 4.69) is 5.32 Å². The van der Waals surface area contributed by atoms with E-state index in [1.807, 2.05) is 24.3 Å². The number of carbonyl (C=O) groups is 1. The third-order valence-corrected chi connectivity index (χ3v) is 2.43. The van der Waals surface area contributed by atoms with Crippen molar-refractivity contribution >= 4 is 5.91 Å². The Morgan fingerprint density at radius 2 is 2.33 bits per heavy atom. The largest absolute Gasteiger partial charge is 0.488 e. The van der Waals surface area contributed by atoms with Crippen molar-refractivity contribution in [1.82, 2.24) is 5.32 Å². The first-order valence-electron chi connectivity index (χ1n) is 5.01. The summed E-state index contributed by atoms with van der Waals surface area (Å²) in [6, 6.07) is 7.92. The molecule has 3 N–H and O–H groups in total. The minimum atomic E-state index is -0.144. The number of nitrogens with two attached hydrogens (primary N) is 1. The van der Waals surface area contributed by atoms with Crippen molar-refractivity contribution in [3.63, 3.8) is 0 Å². The molecule has 2 rings (SSSR count). The van der Waals surface area contributed by atoms with Crippen LogP contribution in [0, 0.1) is 0 Å². The normalized spacial score (nSPS) is 18.1. The molecular formula is C11H14N2O2. The van der Waals surface area contributed by atoms with E-state index in [1.54, 1.807) is 0 Å². The summed E-state index contributed by atoms with van der Waals surface area (Å²) in [7, 11) is 0. The molecule has 1 aromatic rings. The van der Waals surface area contributed by atoms with Crippen LogP contribution >= 0.6 is 0 Å². The van der Waals surface area contributed by atoms with Crippen LogP contribution in [-0.2, 0) is 11.2 Å². The summed E-state index contributed by atoms with van der Waals surface area (Å²) in [6.45, 7) is 0.546. The van der Waals surface area contributed by atoms with Crippen molar-refractivity contribution in [3.05, 3.63) is 29.8 Å². The number of nitrogens with one attached hydrogen (secondary N) is 1. The Bertz CT molecular complexity index is 340. The van der Waals surface area contributed by atoms with E-state index >= 15 is 0 Å². The van der Waals surface area contributed by atoms with Crippen LogP contribution in [-0.4, -0.2) is 25.1 Å². The van der Waals surface area contributed by atoms with E-state index in [4.69, 9.17) is 10.5 Å². The third kappa shape index (κ3) is 2.27. The predicted molar refractivity (Wildman–Crippen MR) is 56.6 cm³/mol. The van der Waals surface area contributed by atoms with Gasteiger partial charge in [0, 0.05) is 6.42 Å². The minimum Gasteiger partial charge on any atom is -0.488 e. The number of hydrogen-bond acceptors (Lipinski definition) is 3. The molecule has 1 aromatic carbocycles. The van der Waals surface area contributed by atoms with Crippen LogP contribution in [0.15, 0.2) is 24.3 Å². The fourth-order valence-electron chi connectivity index (χ4n) is 1.67. The molecule has 1 amide bonds. The molecule has 1 aliphatic rings. The molecule has 0 saturated heterocycles. The summed E-state index contributed by atoms with van der Waals surface area (Å²) in [5.41, 5.74) is 6.39. The molecule has 1 aliphatic heterocycles. The van der Waals surface area contributed by atoms with Crippen molar-refractivity contribution in [1.29, 1.82) is 0 Å². The van der Waals surface area contributed by atoms with E-state index in [1.165, 1.54) is 5.56 Å². The number of para-hydroxylation sites is 1. The maximum atomic E-state index is 10.9. The monoisotopic (exact) mass is 206 g/mol. The second-order valence-corrected chi connectivity index (χ2v) is 3.56. The van der Waals surface area contributed by atoms with Gasteiger partial charge < -0.3 is 15.8 Å². The van der Waals surface area contributed by atoms with Gasteiger partial charge in [-0.1, -0.05) is 18.2 Å². The Labute approximate surface area is 88.4 Å². The molecule has 1 unspecified atom stereocenters. The molecule has 0 radical (unpaired) electrons. The summed E-state index contributed by atoms with van der Waals surface area (Å²) in [5, 5.41) is 2.72. The van der Waals surface area contributed by atoms with Crippen LogP contribution in [0.4, 0.5) is 0 Å². The molecule has 4 heteroatoms. The highest BCUT2D eigenvalue weighted by atomic mass is 16.5. The number of amides is 1. The van der Waals surface area contributed by atoms with Crippen LogP contribution in [0.2, 0.25) is 0 Å². The lowest BCUT2D eigenvalue weighted by molar-refractivity contribution is -0.120. The molecule has 80 valence electrons. The van der Waals surface area contributed by atoms with E-state index in [9.17, 15) is 4.79 Å². The first-order valence-corrected chi connectivity index (χ1v) is 5.01. The van der Waals surface area contributed by atoms with Gasteiger partial charge in [0.2, 0.25) is 5.91 Å². The third-order valence-electron chi connectivity index (χ3n) is 2.43. The molecule has 0 aromatic heterocycles. The summed E-state index contributed by atoms with van der Waals surface area (Å²) >= 11 is 0. The Balaban J connectivity index is 1.88. The minimum absolute atomic E-state index is 0.0274. The number of rotatable bonds is 3. The highest BCUT2D eigenvalue weighted by Gasteiger charge is 2.22. The Morgan fingerprint density at radius 3 is 3.07 bits per heavy atom. The van der Waals surface area contributed by atoms with Crippen LogP contribution in [0.3, 0.4) is 0 Å². The Morgan fingerprint density at radius 1 is 1.53 bits per heavy atom. The highest BCUT2D eigenvalue weighted by Crippen LogP contribution is 2.27. The number of benzene rings is 1. The second kappa shape index (κ2) is 4.31. The van der Waals surface area contributed by atoms with Gasteiger partial charge in [-0.15, -0.1) is 0 Å². The van der Waals surface area contributed by atoms with E-state index in [0.29, 0.717) is 6.54 Å². The SMILES string of the molecule is NCC(=O)NCC1Cc2ccccc2O1. The van der Waals surface area contributed by atoms with E-state index in [0.717, 1.165) is 12.2 Å². The first-order chi connectivity index (χ1) is 7.29. The zero-order chi connectivity index (χ0) is 10.7. The topological polar surface area (TPSA) is 64.4 Å². The Kier molecular flexibility index (Phi) is 2.87. The lowest BCUT2D eigenvalue weighted by Gasteiger charge is -2.10. The Hall–Kier alpha value is -1.55. The van der Waals surface area contributed by atoms with Crippen molar-refractivity contribution in [3.8, 4) is 5.75 Å². The van der Waals surface area contributed by atoms with Gasteiger partial charge in [-0.05, 0) is 11.6 Å². The van der Waals surface area contributed by atoms with Gasteiger partial charge in [0.05, 0.1) is 13.1 Å². The molecule has 1 heterocycles. The first kappa shape index (κ1) is 9.98. The average molecular weight is 206 g/mol. The van der Waals surface area contributed by atoms with Crippen LogP contribution in [0.5, 0.6) is 5.75 Å². The van der Waals surface area contributed by atoms with Gasteiger partial charge in [0.15, 0.2) is 0 Å². The maximum Gasteiger partial charge on any atom is 0.233 e. The number of ether oxygens (including phenoxy) is 1. The molecule has 0 aliphatic carbocycles. The van der Waals surface area contributed by atoms with Crippen molar-refractivity contribution < 1.29 is 9.53 Å². The fourth-order valence-corrected chi connectivity index (χ4v) is 1.67. The van der Waals surface area contributed by atoms with Crippen LogP contribution in [0.1, 0.15) is 5.56 Å². The van der Waals surface area contributed by atoms with Gasteiger partial charge in [-0.25, -0.2) is 0 Å². The summed E-state index contributed by atoms with van der Waals surface area (Å²) in [6.07, 6.45) is 0.888. The summed E-state index contributed by atoms with van der Waals surface area (Å²) < 4.78 is 5.65. The predicted octanol–water partition coefficient (Wildman–Crippen LogP) is 0.0650. The standard InChI is InChI=1S/C11H14N2O2/c12-6-11(14)13-7-9-5-8-3-1-2-4-10(8)15-9/h1-4,9H,5-7,12H2,(H,13,14). The molecule has 0 spiro atoms. The molecular weight excluding hydrogens is 192 g/mol. The van der Waals surface area contributed by atoms with Crippen LogP contribution in [0.25, 0.3) is 0 Å². The zero-order valence-corrected chi connectivity index (χ0v) is 8.40. The fraction of sp³-hybridized carbons (Fsp3) is 0.364. The van der Waals surface area contributed by atoms with Crippen molar-refractivity contribution in [2.24, 2.45) is 5.73 Å². The molecule has 1 atom stereocenters. The maximum absolute atomic E-state index is 10.9. The van der Waals surface area contributed by atoms with Gasteiger partial charge in [0.25, 0.3) is 0 Å². The average Bonchev–Trinajstić information content (AvgIpc) is 2.68. The lowest BCUT2D eigenvalue weighted by Crippen LogP contribution is -2.37. The quantitative estimate of drug-likeness (QED) is 0.735. The number of fused-ring (bicyclic) bond motifs is 1. The molecule has 0 fully saturated rings. The smallest absolute Gasteiger partial charge is 0.233 e. The van der Waals surface area contributed by atoms with Gasteiger partial charge in [-0.2, -0.15) is 0 Å². The van der Waals surface area contributed by atoms with Crippen molar-refractivity contribution in [2.75, 3.05) is 13.1 Å². The number of carbonyl (C=O) groups excluding carboxylic acids is 1. The highest BCUT2D eigenvalue weighted by molar-refractivity contribution is 5.77.